The van der Waals surface area contributed by atoms with Crippen molar-refractivity contribution in [3.05, 3.63) is 83.9 Å². The minimum atomic E-state index is -0.221. The van der Waals surface area contributed by atoms with Gasteiger partial charge in [0, 0.05) is 31.5 Å². The topological polar surface area (TPSA) is 61.4 Å². The summed E-state index contributed by atoms with van der Waals surface area (Å²) in [5.41, 5.74) is 2.28. The van der Waals surface area contributed by atoms with Crippen molar-refractivity contribution >= 4 is 22.7 Å². The van der Waals surface area contributed by atoms with Crippen LogP contribution in [-0.2, 0) is 4.79 Å². The van der Waals surface area contributed by atoms with Gasteiger partial charge in [0.15, 0.2) is 0 Å². The van der Waals surface area contributed by atoms with Crippen molar-refractivity contribution in [1.82, 2.24) is 15.5 Å². The van der Waals surface area contributed by atoms with Gasteiger partial charge in [0.05, 0.1) is 6.04 Å². The number of rotatable bonds is 6. The van der Waals surface area contributed by atoms with Crippen LogP contribution in [0.5, 0.6) is 0 Å². The molecule has 0 aromatic heterocycles. The van der Waals surface area contributed by atoms with E-state index in [4.69, 9.17) is 0 Å². The van der Waals surface area contributed by atoms with Crippen LogP contribution in [0, 0.1) is 0 Å². The quantitative estimate of drug-likeness (QED) is 0.631. The van der Waals surface area contributed by atoms with E-state index in [0.29, 0.717) is 18.9 Å². The molecule has 1 unspecified atom stereocenters. The molecule has 2 fully saturated rings. The maximum absolute atomic E-state index is 12.8. The van der Waals surface area contributed by atoms with E-state index in [2.05, 4.69) is 47.0 Å². The highest BCUT2D eigenvalue weighted by Gasteiger charge is 2.40. The number of hydrogen-bond acceptors (Lipinski definition) is 2. The molecule has 5 heteroatoms. The van der Waals surface area contributed by atoms with Crippen LogP contribution >= 0.6 is 0 Å². The summed E-state index contributed by atoms with van der Waals surface area (Å²) in [6, 6.07) is 24.5. The lowest BCUT2D eigenvalue weighted by atomic mass is 10.0. The van der Waals surface area contributed by atoms with Gasteiger partial charge in [-0.15, -0.1) is 0 Å². The molecule has 1 saturated carbocycles. The molecule has 1 aliphatic heterocycles. The van der Waals surface area contributed by atoms with Gasteiger partial charge in [-0.2, -0.15) is 0 Å². The molecule has 0 radical (unpaired) electrons. The van der Waals surface area contributed by atoms with Crippen LogP contribution in [0.4, 0.5) is 4.79 Å². The monoisotopic (exact) mass is 413 g/mol. The summed E-state index contributed by atoms with van der Waals surface area (Å²) in [6.45, 7) is 1.27. The summed E-state index contributed by atoms with van der Waals surface area (Å²) in [5.74, 6) is 0.521. The summed E-state index contributed by atoms with van der Waals surface area (Å²) >= 11 is 0. The number of carbonyl (C=O) groups excluding carboxylic acids is 2. The van der Waals surface area contributed by atoms with Crippen molar-refractivity contribution in [3.63, 3.8) is 0 Å². The summed E-state index contributed by atoms with van der Waals surface area (Å²) in [4.78, 5) is 26.8. The van der Waals surface area contributed by atoms with Crippen LogP contribution in [0.3, 0.4) is 0 Å². The largest absolute Gasteiger partial charge is 0.340 e. The van der Waals surface area contributed by atoms with Crippen LogP contribution in [0.2, 0.25) is 0 Å². The zero-order valence-electron chi connectivity index (χ0n) is 17.5. The number of amides is 3. The fraction of sp³-hybridized carbons (Fsp3) is 0.308. The number of likely N-dealkylation sites (tertiary alicyclic amines) is 1. The lowest BCUT2D eigenvalue weighted by molar-refractivity contribution is -0.128. The molecule has 31 heavy (non-hydrogen) atoms. The lowest BCUT2D eigenvalue weighted by Gasteiger charge is -2.25. The number of benzene rings is 3. The molecule has 3 amide bonds. The first-order valence-electron chi connectivity index (χ1n) is 11.1. The Morgan fingerprint density at radius 2 is 1.77 bits per heavy atom. The second kappa shape index (κ2) is 8.42. The molecule has 1 saturated heterocycles. The number of nitrogens with one attached hydrogen (secondary N) is 2. The Morgan fingerprint density at radius 1 is 1.00 bits per heavy atom. The average Bonchev–Trinajstić information content (AvgIpc) is 3.45. The third-order valence-electron chi connectivity index (χ3n) is 6.39. The van der Waals surface area contributed by atoms with Crippen molar-refractivity contribution in [3.8, 4) is 0 Å². The zero-order valence-corrected chi connectivity index (χ0v) is 17.5. The Labute approximate surface area is 182 Å². The molecule has 5 rings (SSSR count). The highest BCUT2D eigenvalue weighted by Crippen LogP contribution is 2.41. The molecule has 0 bridgehead atoms. The van der Waals surface area contributed by atoms with Gasteiger partial charge in [-0.25, -0.2) is 4.79 Å². The Kier molecular flexibility index (Phi) is 5.33. The second-order valence-corrected chi connectivity index (χ2v) is 8.58. The Morgan fingerprint density at radius 3 is 2.55 bits per heavy atom. The van der Waals surface area contributed by atoms with Crippen LogP contribution in [0.15, 0.2) is 72.8 Å². The van der Waals surface area contributed by atoms with Gasteiger partial charge < -0.3 is 15.5 Å². The van der Waals surface area contributed by atoms with Crippen molar-refractivity contribution in [2.75, 3.05) is 13.1 Å². The number of nitrogens with zero attached hydrogens (tertiary/aromatic N) is 1. The van der Waals surface area contributed by atoms with Gasteiger partial charge in [0.25, 0.3) is 0 Å². The van der Waals surface area contributed by atoms with E-state index in [1.54, 1.807) is 0 Å². The first-order valence-corrected chi connectivity index (χ1v) is 11.1. The number of hydrogen-bond donors (Lipinski definition) is 2. The predicted molar refractivity (Wildman–Crippen MR) is 122 cm³/mol. The minimum absolute atomic E-state index is 0.144. The highest BCUT2D eigenvalue weighted by molar-refractivity contribution is 5.83. The van der Waals surface area contributed by atoms with Crippen molar-refractivity contribution < 1.29 is 9.59 Å². The third kappa shape index (κ3) is 4.41. The maximum atomic E-state index is 12.8. The molecular weight excluding hydrogens is 386 g/mol. The summed E-state index contributed by atoms with van der Waals surface area (Å²) in [7, 11) is 0. The van der Waals surface area contributed by atoms with Crippen LogP contribution < -0.4 is 10.6 Å². The van der Waals surface area contributed by atoms with E-state index in [9.17, 15) is 9.59 Å². The van der Waals surface area contributed by atoms with E-state index in [1.165, 1.54) is 16.3 Å². The highest BCUT2D eigenvalue weighted by atomic mass is 16.2. The van der Waals surface area contributed by atoms with Crippen LogP contribution in [0.25, 0.3) is 10.8 Å². The first kappa shape index (κ1) is 19.6. The van der Waals surface area contributed by atoms with Gasteiger partial charge in [-0.05, 0) is 34.7 Å². The predicted octanol–water partition coefficient (Wildman–Crippen LogP) is 4.36. The molecule has 3 aromatic rings. The number of fused-ring (bicyclic) bond motifs is 1. The lowest BCUT2D eigenvalue weighted by Crippen LogP contribution is -2.44. The molecule has 1 aliphatic carbocycles. The Balaban J connectivity index is 1.23. The molecule has 2 aliphatic rings. The number of urea groups is 1. The van der Waals surface area contributed by atoms with Crippen molar-refractivity contribution in [2.45, 2.75) is 37.3 Å². The SMILES string of the molecule is O=C(NC(CN1CCCC1=O)c1ccccc1)N[C@@H]1C[C@H]1c1ccc2ccccc2c1. The fourth-order valence-corrected chi connectivity index (χ4v) is 4.57. The third-order valence-corrected chi connectivity index (χ3v) is 6.39. The summed E-state index contributed by atoms with van der Waals surface area (Å²) in [6.07, 6.45) is 2.44. The normalized spacial score (nSPS) is 21.2. The fourth-order valence-electron chi connectivity index (χ4n) is 4.57. The van der Waals surface area contributed by atoms with E-state index in [1.807, 2.05) is 41.3 Å². The molecule has 1 heterocycles. The van der Waals surface area contributed by atoms with Crippen LogP contribution in [0.1, 0.15) is 42.3 Å². The smallest absolute Gasteiger partial charge is 0.315 e. The van der Waals surface area contributed by atoms with E-state index >= 15 is 0 Å². The van der Waals surface area contributed by atoms with Crippen molar-refractivity contribution in [2.24, 2.45) is 0 Å². The van der Waals surface area contributed by atoms with Gasteiger partial charge in [-0.3, -0.25) is 4.79 Å². The first-order chi connectivity index (χ1) is 15.2. The van der Waals surface area contributed by atoms with Gasteiger partial charge in [0.2, 0.25) is 5.91 Å². The van der Waals surface area contributed by atoms with Gasteiger partial charge in [0.1, 0.15) is 0 Å². The molecule has 2 N–H and O–H groups in total. The average molecular weight is 414 g/mol. The van der Waals surface area contributed by atoms with Crippen LogP contribution in [-0.4, -0.2) is 36.0 Å². The van der Waals surface area contributed by atoms with Gasteiger partial charge in [-0.1, -0.05) is 72.8 Å². The summed E-state index contributed by atoms with van der Waals surface area (Å²) < 4.78 is 0. The Bertz CT molecular complexity index is 1100. The molecule has 3 aromatic carbocycles. The minimum Gasteiger partial charge on any atom is -0.340 e. The van der Waals surface area contributed by atoms with E-state index in [-0.39, 0.29) is 24.0 Å². The van der Waals surface area contributed by atoms with Gasteiger partial charge >= 0.3 is 6.03 Å². The molecule has 5 nitrogen and oxygen atoms in total. The van der Waals surface area contributed by atoms with E-state index < -0.39 is 0 Å². The second-order valence-electron chi connectivity index (χ2n) is 8.58. The summed E-state index contributed by atoms with van der Waals surface area (Å²) in [5, 5.41) is 8.71. The zero-order chi connectivity index (χ0) is 21.2. The molecule has 0 spiro atoms. The molecule has 3 atom stereocenters. The Hall–Kier alpha value is -3.34. The molecular formula is C26H27N3O2. The number of carbonyl (C=O) groups is 2. The maximum Gasteiger partial charge on any atom is 0.315 e. The van der Waals surface area contributed by atoms with E-state index in [0.717, 1.165) is 24.9 Å². The standard InChI is InChI=1S/C26H27N3O2/c30-25-11-6-14-29(25)17-24(19-8-2-1-3-9-19)28-26(31)27-23-16-22(23)21-13-12-18-7-4-5-10-20(18)15-21/h1-5,7-10,12-13,15,22-24H,6,11,14,16-17H2,(H2,27,28,31)/t22-,23+,24?/m0/s1. The van der Waals surface area contributed by atoms with Crippen molar-refractivity contribution in [1.29, 1.82) is 0 Å². The molecule has 158 valence electrons.